The molecule has 1 heterocycles. The van der Waals surface area contributed by atoms with Crippen molar-refractivity contribution in [1.29, 1.82) is 0 Å². The van der Waals surface area contributed by atoms with E-state index in [1.165, 1.54) is 11.1 Å². The summed E-state index contributed by atoms with van der Waals surface area (Å²) in [5.74, 6) is 1.48. The molecule has 1 aromatic carbocycles. The van der Waals surface area contributed by atoms with E-state index in [2.05, 4.69) is 61.5 Å². The third-order valence-corrected chi connectivity index (χ3v) is 3.52. The molecule has 1 aromatic heterocycles. The van der Waals surface area contributed by atoms with E-state index in [-0.39, 0.29) is 12.1 Å². The summed E-state index contributed by atoms with van der Waals surface area (Å²) in [5, 5.41) is 0. The normalized spacial score (nSPS) is 14.6. The first-order valence-electron chi connectivity index (χ1n) is 6.86. The maximum atomic E-state index is 6.25. The molecule has 2 unspecified atom stereocenters. The Balaban J connectivity index is 2.53. The molecule has 0 amide bonds. The van der Waals surface area contributed by atoms with Gasteiger partial charge in [-0.25, -0.2) is 4.98 Å². The number of aryl methyl sites for hydroxylation is 1. The Kier molecular flexibility index (Phi) is 4.05. The molecule has 3 heteroatoms. The molecule has 3 nitrogen and oxygen atoms in total. The second-order valence-electron chi connectivity index (χ2n) is 5.51. The Morgan fingerprint density at radius 2 is 1.84 bits per heavy atom. The van der Waals surface area contributed by atoms with Crippen molar-refractivity contribution in [2.75, 3.05) is 0 Å². The summed E-state index contributed by atoms with van der Waals surface area (Å²) in [5.41, 5.74) is 8.80. The van der Waals surface area contributed by atoms with E-state index in [1.54, 1.807) is 0 Å². The summed E-state index contributed by atoms with van der Waals surface area (Å²) in [6, 6.07) is 8.61. The lowest BCUT2D eigenvalue weighted by molar-refractivity contribution is 0.469. The van der Waals surface area contributed by atoms with Gasteiger partial charge in [0.15, 0.2) is 0 Å². The van der Waals surface area contributed by atoms with Gasteiger partial charge >= 0.3 is 0 Å². The minimum absolute atomic E-state index is 0.0350. The third-order valence-electron chi connectivity index (χ3n) is 3.52. The fourth-order valence-corrected chi connectivity index (χ4v) is 2.61. The second kappa shape index (κ2) is 5.57. The highest BCUT2D eigenvalue weighted by Gasteiger charge is 2.23. The van der Waals surface area contributed by atoms with Gasteiger partial charge in [0.1, 0.15) is 5.82 Å². The quantitative estimate of drug-likeness (QED) is 0.913. The zero-order valence-corrected chi connectivity index (χ0v) is 12.2. The van der Waals surface area contributed by atoms with Crippen molar-refractivity contribution >= 4 is 0 Å². The highest BCUT2D eigenvalue weighted by molar-refractivity contribution is 5.31. The van der Waals surface area contributed by atoms with Gasteiger partial charge < -0.3 is 10.3 Å². The molecule has 0 radical (unpaired) electrons. The minimum atomic E-state index is 0.0350. The summed E-state index contributed by atoms with van der Waals surface area (Å²) in [4.78, 5) is 4.48. The summed E-state index contributed by atoms with van der Waals surface area (Å²) in [7, 11) is 0. The van der Waals surface area contributed by atoms with Crippen molar-refractivity contribution in [3.63, 3.8) is 0 Å². The molecule has 2 aromatic rings. The SMILES string of the molecule is Cc1ccccc1C(C(C)N)n1ccnc1C(C)C. The van der Waals surface area contributed by atoms with Gasteiger partial charge in [0.25, 0.3) is 0 Å². The summed E-state index contributed by atoms with van der Waals surface area (Å²) < 4.78 is 2.22. The van der Waals surface area contributed by atoms with Crippen LogP contribution in [0.25, 0.3) is 0 Å². The van der Waals surface area contributed by atoms with Crippen LogP contribution in [0.2, 0.25) is 0 Å². The number of nitrogens with two attached hydrogens (primary N) is 1. The lowest BCUT2D eigenvalue weighted by Crippen LogP contribution is -2.31. The Labute approximate surface area is 115 Å². The van der Waals surface area contributed by atoms with E-state index in [9.17, 15) is 0 Å². The molecule has 19 heavy (non-hydrogen) atoms. The topological polar surface area (TPSA) is 43.8 Å². The number of rotatable bonds is 4. The first kappa shape index (κ1) is 13.8. The van der Waals surface area contributed by atoms with Crippen LogP contribution in [-0.2, 0) is 0 Å². The Bertz CT molecular complexity index is 540. The monoisotopic (exact) mass is 257 g/mol. The lowest BCUT2D eigenvalue weighted by Gasteiger charge is -2.27. The molecule has 2 N–H and O–H groups in total. The van der Waals surface area contributed by atoms with Gasteiger partial charge in [-0.3, -0.25) is 0 Å². The number of hydrogen-bond donors (Lipinski definition) is 1. The van der Waals surface area contributed by atoms with E-state index >= 15 is 0 Å². The summed E-state index contributed by atoms with van der Waals surface area (Å²) >= 11 is 0. The lowest BCUT2D eigenvalue weighted by atomic mass is 9.96. The fourth-order valence-electron chi connectivity index (χ4n) is 2.61. The van der Waals surface area contributed by atoms with Gasteiger partial charge in [0.2, 0.25) is 0 Å². The average molecular weight is 257 g/mol. The number of hydrogen-bond acceptors (Lipinski definition) is 2. The standard InChI is InChI=1S/C16H23N3/c1-11(2)16-18-9-10-19(16)15(13(4)17)14-8-6-5-7-12(14)3/h5-11,13,15H,17H2,1-4H3. The average Bonchev–Trinajstić information content (AvgIpc) is 2.80. The van der Waals surface area contributed by atoms with Crippen LogP contribution in [0.4, 0.5) is 0 Å². The molecule has 2 atom stereocenters. The van der Waals surface area contributed by atoms with E-state index in [0.29, 0.717) is 5.92 Å². The second-order valence-corrected chi connectivity index (χ2v) is 5.51. The third kappa shape index (κ3) is 2.71. The highest BCUT2D eigenvalue weighted by atomic mass is 15.1. The first-order chi connectivity index (χ1) is 9.02. The molecular formula is C16H23N3. The molecule has 0 aliphatic rings. The number of aromatic nitrogens is 2. The zero-order valence-electron chi connectivity index (χ0n) is 12.2. The van der Waals surface area contributed by atoms with Gasteiger partial charge in [0.05, 0.1) is 6.04 Å². The zero-order chi connectivity index (χ0) is 14.0. The van der Waals surface area contributed by atoms with Crippen LogP contribution in [0.3, 0.4) is 0 Å². The van der Waals surface area contributed by atoms with Crippen LogP contribution >= 0.6 is 0 Å². The summed E-state index contributed by atoms with van der Waals surface area (Å²) in [6.07, 6.45) is 3.90. The molecule has 0 saturated heterocycles. The van der Waals surface area contributed by atoms with E-state index in [4.69, 9.17) is 5.73 Å². The summed E-state index contributed by atoms with van der Waals surface area (Å²) in [6.45, 7) is 8.52. The van der Waals surface area contributed by atoms with Crippen LogP contribution in [-0.4, -0.2) is 15.6 Å². The fraction of sp³-hybridized carbons (Fsp3) is 0.438. The van der Waals surface area contributed by atoms with Crippen molar-refractivity contribution in [2.24, 2.45) is 5.73 Å². The van der Waals surface area contributed by atoms with Crippen LogP contribution in [0.1, 0.15) is 49.7 Å². The predicted molar refractivity (Wildman–Crippen MR) is 79.3 cm³/mol. The Morgan fingerprint density at radius 1 is 1.16 bits per heavy atom. The molecule has 102 valence electrons. The van der Waals surface area contributed by atoms with Crippen molar-refractivity contribution in [3.8, 4) is 0 Å². The largest absolute Gasteiger partial charge is 0.326 e. The number of nitrogens with zero attached hydrogens (tertiary/aromatic N) is 2. The smallest absolute Gasteiger partial charge is 0.111 e. The number of imidazole rings is 1. The molecule has 0 saturated carbocycles. The van der Waals surface area contributed by atoms with Crippen molar-refractivity contribution in [3.05, 3.63) is 53.6 Å². The van der Waals surface area contributed by atoms with E-state index < -0.39 is 0 Å². The molecular weight excluding hydrogens is 234 g/mol. The molecule has 0 bridgehead atoms. The Morgan fingerprint density at radius 3 is 2.42 bits per heavy atom. The minimum Gasteiger partial charge on any atom is -0.326 e. The molecule has 2 rings (SSSR count). The Hall–Kier alpha value is -1.61. The first-order valence-corrected chi connectivity index (χ1v) is 6.86. The van der Waals surface area contributed by atoms with Gasteiger partial charge in [-0.15, -0.1) is 0 Å². The van der Waals surface area contributed by atoms with Gasteiger partial charge in [-0.2, -0.15) is 0 Å². The van der Waals surface area contributed by atoms with Crippen molar-refractivity contribution < 1.29 is 0 Å². The molecule has 0 fully saturated rings. The van der Waals surface area contributed by atoms with Crippen LogP contribution in [0, 0.1) is 6.92 Å². The van der Waals surface area contributed by atoms with Crippen LogP contribution < -0.4 is 5.73 Å². The molecule has 0 aliphatic heterocycles. The predicted octanol–water partition coefficient (Wildman–Crippen LogP) is 3.25. The maximum Gasteiger partial charge on any atom is 0.111 e. The van der Waals surface area contributed by atoms with Gasteiger partial charge in [-0.1, -0.05) is 38.1 Å². The van der Waals surface area contributed by atoms with Gasteiger partial charge in [-0.05, 0) is 25.0 Å². The molecule has 0 spiro atoms. The van der Waals surface area contributed by atoms with Crippen molar-refractivity contribution in [1.82, 2.24) is 9.55 Å². The van der Waals surface area contributed by atoms with E-state index in [1.807, 2.05) is 12.4 Å². The van der Waals surface area contributed by atoms with Crippen molar-refractivity contribution in [2.45, 2.75) is 45.7 Å². The van der Waals surface area contributed by atoms with Crippen LogP contribution in [0.5, 0.6) is 0 Å². The molecule has 0 aliphatic carbocycles. The highest BCUT2D eigenvalue weighted by Crippen LogP contribution is 2.27. The van der Waals surface area contributed by atoms with E-state index in [0.717, 1.165) is 5.82 Å². The van der Waals surface area contributed by atoms with Gasteiger partial charge in [0, 0.05) is 24.4 Å². The number of benzene rings is 1. The van der Waals surface area contributed by atoms with Crippen LogP contribution in [0.15, 0.2) is 36.7 Å². The maximum absolute atomic E-state index is 6.25.